The highest BCUT2D eigenvalue weighted by molar-refractivity contribution is 5.86. The highest BCUT2D eigenvalue weighted by Gasteiger charge is 2.20. The molecule has 0 unspecified atom stereocenters. The van der Waals surface area contributed by atoms with Gasteiger partial charge in [0, 0.05) is 33.3 Å². The van der Waals surface area contributed by atoms with Crippen molar-refractivity contribution in [3.8, 4) is 11.5 Å². The van der Waals surface area contributed by atoms with Crippen LogP contribution in [0.25, 0.3) is 0 Å². The van der Waals surface area contributed by atoms with Crippen LogP contribution in [0.2, 0.25) is 0 Å². The summed E-state index contributed by atoms with van der Waals surface area (Å²) < 4.78 is 16.9. The van der Waals surface area contributed by atoms with Crippen molar-refractivity contribution in [1.82, 2.24) is 15.5 Å². The maximum atomic E-state index is 11.9. The average Bonchev–Trinajstić information content (AvgIpc) is 3.23. The van der Waals surface area contributed by atoms with Crippen molar-refractivity contribution >= 4 is 11.9 Å². The third kappa shape index (κ3) is 7.45. The van der Waals surface area contributed by atoms with Crippen LogP contribution in [-0.4, -0.2) is 70.9 Å². The number of benzene rings is 1. The van der Waals surface area contributed by atoms with Gasteiger partial charge in [-0.25, -0.2) is 4.99 Å². The Hall–Kier alpha value is -2.48. The molecule has 0 atom stereocenters. The quantitative estimate of drug-likeness (QED) is 0.350. The Balaban J connectivity index is 2.13. The molecule has 0 aliphatic heterocycles. The van der Waals surface area contributed by atoms with E-state index < -0.39 is 0 Å². The number of carbonyl (C=O) groups excluding carboxylic acids is 1. The molecular weight excluding hydrogens is 372 g/mol. The lowest BCUT2D eigenvalue weighted by Crippen LogP contribution is -2.43. The minimum Gasteiger partial charge on any atom is -0.493 e. The number of aliphatic imine (C=N–C) groups is 1. The van der Waals surface area contributed by atoms with Gasteiger partial charge in [0.1, 0.15) is 0 Å². The molecule has 0 spiro atoms. The van der Waals surface area contributed by atoms with E-state index in [0.717, 1.165) is 24.2 Å². The summed E-state index contributed by atoms with van der Waals surface area (Å²) in [7, 11) is 6.74. The largest absolute Gasteiger partial charge is 0.493 e. The van der Waals surface area contributed by atoms with Crippen LogP contribution in [0.3, 0.4) is 0 Å². The Labute approximate surface area is 173 Å². The van der Waals surface area contributed by atoms with Gasteiger partial charge in [-0.1, -0.05) is 12.1 Å². The molecular formula is C21H34N4O4. The molecule has 1 amide bonds. The zero-order chi connectivity index (χ0) is 21.1. The molecule has 1 fully saturated rings. The van der Waals surface area contributed by atoms with Crippen molar-refractivity contribution in [3.63, 3.8) is 0 Å². The lowest BCUT2D eigenvalue weighted by molar-refractivity contribution is -0.127. The van der Waals surface area contributed by atoms with Gasteiger partial charge in [0.05, 0.1) is 32.9 Å². The van der Waals surface area contributed by atoms with Gasteiger partial charge < -0.3 is 29.7 Å². The highest BCUT2D eigenvalue weighted by atomic mass is 16.5. The van der Waals surface area contributed by atoms with Crippen LogP contribution in [0.5, 0.6) is 11.5 Å². The molecule has 0 aromatic heterocycles. The molecule has 8 heteroatoms. The predicted molar refractivity (Wildman–Crippen MR) is 114 cm³/mol. The van der Waals surface area contributed by atoms with Crippen molar-refractivity contribution in [2.24, 2.45) is 4.99 Å². The molecule has 0 bridgehead atoms. The number of nitrogens with one attached hydrogen (secondary N) is 2. The lowest BCUT2D eigenvalue weighted by Gasteiger charge is -2.19. The number of rotatable bonds is 10. The van der Waals surface area contributed by atoms with E-state index in [0.29, 0.717) is 31.4 Å². The summed E-state index contributed by atoms with van der Waals surface area (Å²) in [4.78, 5) is 18.1. The number of carbonyl (C=O) groups is 1. The van der Waals surface area contributed by atoms with E-state index in [-0.39, 0.29) is 18.6 Å². The molecule has 0 saturated heterocycles. The Morgan fingerprint density at radius 3 is 2.62 bits per heavy atom. The number of methoxy groups -OCH3 is 2. The first-order chi connectivity index (χ1) is 14.0. The summed E-state index contributed by atoms with van der Waals surface area (Å²) in [6.07, 6.45) is 4.76. The van der Waals surface area contributed by atoms with E-state index in [2.05, 4.69) is 15.6 Å². The summed E-state index contributed by atoms with van der Waals surface area (Å²) in [5.41, 5.74) is 0.947. The zero-order valence-corrected chi connectivity index (χ0v) is 18.0. The Morgan fingerprint density at radius 1 is 1.21 bits per heavy atom. The summed E-state index contributed by atoms with van der Waals surface area (Å²) in [5.74, 6) is 1.99. The SMILES string of the molecule is COCCNC(=NCc1cccc(OC)c1OC1CCCC1)NCC(=O)N(C)C. The number of guanidine groups is 1. The fourth-order valence-corrected chi connectivity index (χ4v) is 3.08. The molecule has 2 N–H and O–H groups in total. The van der Waals surface area contributed by atoms with Crippen LogP contribution in [0.4, 0.5) is 0 Å². The number of amides is 1. The number of likely N-dealkylation sites (N-methyl/N-ethyl adjacent to an activating group) is 1. The maximum Gasteiger partial charge on any atom is 0.241 e. The molecule has 0 heterocycles. The molecule has 1 aromatic carbocycles. The minimum absolute atomic E-state index is 0.0297. The van der Waals surface area contributed by atoms with E-state index in [9.17, 15) is 4.79 Å². The van der Waals surface area contributed by atoms with Gasteiger partial charge in [0.15, 0.2) is 17.5 Å². The molecule has 29 heavy (non-hydrogen) atoms. The number of hydrogen-bond donors (Lipinski definition) is 2. The fourth-order valence-electron chi connectivity index (χ4n) is 3.08. The second kappa shape index (κ2) is 12.2. The monoisotopic (exact) mass is 406 g/mol. The van der Waals surface area contributed by atoms with Crippen LogP contribution in [0.1, 0.15) is 31.2 Å². The minimum atomic E-state index is -0.0297. The van der Waals surface area contributed by atoms with Gasteiger partial charge in [0.25, 0.3) is 0 Å². The van der Waals surface area contributed by atoms with Gasteiger partial charge >= 0.3 is 0 Å². The van der Waals surface area contributed by atoms with E-state index in [4.69, 9.17) is 14.2 Å². The average molecular weight is 407 g/mol. The first-order valence-electron chi connectivity index (χ1n) is 10.1. The van der Waals surface area contributed by atoms with E-state index in [1.807, 2.05) is 18.2 Å². The van der Waals surface area contributed by atoms with Gasteiger partial charge in [-0.2, -0.15) is 0 Å². The lowest BCUT2D eigenvalue weighted by atomic mass is 10.1. The van der Waals surface area contributed by atoms with Crippen LogP contribution in [0.15, 0.2) is 23.2 Å². The van der Waals surface area contributed by atoms with Gasteiger partial charge in [-0.05, 0) is 31.7 Å². The summed E-state index contributed by atoms with van der Waals surface area (Å²) >= 11 is 0. The van der Waals surface area contributed by atoms with E-state index >= 15 is 0 Å². The smallest absolute Gasteiger partial charge is 0.241 e. The van der Waals surface area contributed by atoms with Crippen molar-refractivity contribution in [3.05, 3.63) is 23.8 Å². The summed E-state index contributed by atoms with van der Waals surface area (Å²) in [5, 5.41) is 6.25. The standard InChI is InChI=1S/C21H34N4O4/c1-25(2)19(26)15-24-21(22-12-13-27-3)23-14-16-8-7-11-18(28-4)20(16)29-17-9-5-6-10-17/h7-8,11,17H,5-6,9-10,12-15H2,1-4H3,(H2,22,23,24). The van der Waals surface area contributed by atoms with E-state index in [1.165, 1.54) is 17.7 Å². The topological polar surface area (TPSA) is 84.4 Å². The first kappa shape index (κ1) is 22.8. The number of hydrogen-bond acceptors (Lipinski definition) is 5. The molecule has 1 saturated carbocycles. The maximum absolute atomic E-state index is 11.9. The highest BCUT2D eigenvalue weighted by Crippen LogP contribution is 2.35. The molecule has 1 aromatic rings. The molecule has 1 aliphatic rings. The van der Waals surface area contributed by atoms with E-state index in [1.54, 1.807) is 28.3 Å². The Kier molecular flexibility index (Phi) is 9.56. The van der Waals surface area contributed by atoms with Crippen LogP contribution < -0.4 is 20.1 Å². The third-order valence-electron chi connectivity index (χ3n) is 4.78. The van der Waals surface area contributed by atoms with Crippen LogP contribution in [0, 0.1) is 0 Å². The molecule has 8 nitrogen and oxygen atoms in total. The van der Waals surface area contributed by atoms with Crippen molar-refractivity contribution in [2.75, 3.05) is 48.0 Å². The number of nitrogens with zero attached hydrogens (tertiary/aromatic N) is 2. The fraction of sp³-hybridized carbons (Fsp3) is 0.619. The van der Waals surface area contributed by atoms with Gasteiger partial charge in [0.2, 0.25) is 5.91 Å². The summed E-state index contributed by atoms with van der Waals surface area (Å²) in [6.45, 7) is 1.69. The summed E-state index contributed by atoms with van der Waals surface area (Å²) in [6, 6.07) is 5.84. The predicted octanol–water partition coefficient (Wildman–Crippen LogP) is 1.79. The molecule has 0 radical (unpaired) electrons. The third-order valence-corrected chi connectivity index (χ3v) is 4.78. The second-order valence-corrected chi connectivity index (χ2v) is 7.20. The van der Waals surface area contributed by atoms with Crippen LogP contribution >= 0.6 is 0 Å². The molecule has 1 aliphatic carbocycles. The van der Waals surface area contributed by atoms with Crippen molar-refractivity contribution in [2.45, 2.75) is 38.3 Å². The second-order valence-electron chi connectivity index (χ2n) is 7.20. The van der Waals surface area contributed by atoms with Crippen LogP contribution in [-0.2, 0) is 16.1 Å². The van der Waals surface area contributed by atoms with Gasteiger partial charge in [-0.3, -0.25) is 4.79 Å². The zero-order valence-electron chi connectivity index (χ0n) is 18.0. The normalized spacial score (nSPS) is 14.6. The van der Waals surface area contributed by atoms with Gasteiger partial charge in [-0.15, -0.1) is 0 Å². The number of para-hydroxylation sites is 1. The molecule has 162 valence electrons. The van der Waals surface area contributed by atoms with Crippen molar-refractivity contribution < 1.29 is 19.0 Å². The molecule has 2 rings (SSSR count). The first-order valence-corrected chi connectivity index (χ1v) is 10.1. The Bertz CT molecular complexity index is 673. The Morgan fingerprint density at radius 2 is 1.97 bits per heavy atom. The number of ether oxygens (including phenoxy) is 3. The van der Waals surface area contributed by atoms with Crippen molar-refractivity contribution in [1.29, 1.82) is 0 Å².